The van der Waals surface area contributed by atoms with E-state index in [0.29, 0.717) is 25.1 Å². The summed E-state index contributed by atoms with van der Waals surface area (Å²) in [5, 5.41) is 9.80. The summed E-state index contributed by atoms with van der Waals surface area (Å²) in [7, 11) is 0. The standard InChI is InChI=1S/C23H31N3O4/c27-20-8-6-18(7-9-20)25-13-11-23(21(25)28)10-1-12-24(16-23)17-2-4-19(5-3-17)26-14-15-30-22(26)29/h2-5,18,20,27H,1,6-16H2/t18-,20-,23-/m0/s1. The van der Waals surface area contributed by atoms with Crippen molar-refractivity contribution in [1.82, 2.24) is 4.90 Å². The van der Waals surface area contributed by atoms with Crippen LogP contribution in [-0.2, 0) is 9.53 Å². The molecule has 4 fully saturated rings. The van der Waals surface area contributed by atoms with Crippen LogP contribution in [0, 0.1) is 5.41 Å². The van der Waals surface area contributed by atoms with Crippen LogP contribution in [0.3, 0.4) is 0 Å². The highest BCUT2D eigenvalue weighted by atomic mass is 16.6. The first kappa shape index (κ1) is 19.7. The number of nitrogens with zero attached hydrogens (tertiary/aromatic N) is 3. The predicted octanol–water partition coefficient (Wildman–Crippen LogP) is 2.77. The van der Waals surface area contributed by atoms with Crippen molar-refractivity contribution in [2.24, 2.45) is 5.41 Å². The number of carbonyl (C=O) groups excluding carboxylic acids is 2. The zero-order valence-electron chi connectivity index (χ0n) is 17.5. The van der Waals surface area contributed by atoms with Crippen LogP contribution in [0.25, 0.3) is 0 Å². The van der Waals surface area contributed by atoms with Gasteiger partial charge in [-0.3, -0.25) is 9.69 Å². The van der Waals surface area contributed by atoms with Crippen LogP contribution in [0.15, 0.2) is 24.3 Å². The highest BCUT2D eigenvalue weighted by Crippen LogP contribution is 2.43. The van der Waals surface area contributed by atoms with Gasteiger partial charge in [-0.05, 0) is 69.2 Å². The van der Waals surface area contributed by atoms with E-state index in [1.165, 1.54) is 0 Å². The van der Waals surface area contributed by atoms with E-state index < -0.39 is 0 Å². The molecule has 1 aliphatic carbocycles. The fourth-order valence-corrected chi connectivity index (χ4v) is 5.77. The first-order valence-electron chi connectivity index (χ1n) is 11.3. The number of piperidine rings is 1. The lowest BCUT2D eigenvalue weighted by Crippen LogP contribution is -2.50. The van der Waals surface area contributed by atoms with Gasteiger partial charge in [-0.1, -0.05) is 0 Å². The van der Waals surface area contributed by atoms with Crippen molar-refractivity contribution in [2.45, 2.75) is 57.1 Å². The molecule has 7 nitrogen and oxygen atoms in total. The summed E-state index contributed by atoms with van der Waals surface area (Å²) in [5.41, 5.74) is 1.69. The quantitative estimate of drug-likeness (QED) is 0.825. The lowest BCUT2D eigenvalue weighted by molar-refractivity contribution is -0.139. The normalized spacial score (nSPS) is 32.2. The molecule has 3 saturated heterocycles. The molecule has 4 aliphatic rings. The minimum Gasteiger partial charge on any atom is -0.447 e. The zero-order valence-corrected chi connectivity index (χ0v) is 17.5. The van der Waals surface area contributed by atoms with Crippen LogP contribution < -0.4 is 9.80 Å². The van der Waals surface area contributed by atoms with E-state index in [1.54, 1.807) is 4.90 Å². The smallest absolute Gasteiger partial charge is 0.414 e. The van der Waals surface area contributed by atoms with Crippen molar-refractivity contribution in [3.8, 4) is 0 Å². The Morgan fingerprint density at radius 2 is 1.67 bits per heavy atom. The van der Waals surface area contributed by atoms with Crippen LogP contribution in [-0.4, -0.2) is 66.9 Å². The Balaban J connectivity index is 1.28. The fraction of sp³-hybridized carbons (Fsp3) is 0.652. The van der Waals surface area contributed by atoms with Crippen molar-refractivity contribution in [1.29, 1.82) is 0 Å². The number of likely N-dealkylation sites (tertiary alicyclic amines) is 1. The molecule has 2 amide bonds. The molecular formula is C23H31N3O4. The number of benzene rings is 1. The van der Waals surface area contributed by atoms with Crippen LogP contribution in [0.1, 0.15) is 44.9 Å². The van der Waals surface area contributed by atoms with Crippen LogP contribution >= 0.6 is 0 Å². The highest BCUT2D eigenvalue weighted by Gasteiger charge is 2.50. The third kappa shape index (κ3) is 3.43. The third-order valence-electron chi connectivity index (χ3n) is 7.52. The Bertz CT molecular complexity index is 805. The van der Waals surface area contributed by atoms with Gasteiger partial charge >= 0.3 is 6.09 Å². The second kappa shape index (κ2) is 7.76. The van der Waals surface area contributed by atoms with E-state index in [9.17, 15) is 14.7 Å². The summed E-state index contributed by atoms with van der Waals surface area (Å²) >= 11 is 0. The van der Waals surface area contributed by atoms with Crippen molar-refractivity contribution < 1.29 is 19.4 Å². The van der Waals surface area contributed by atoms with Gasteiger partial charge in [-0.15, -0.1) is 0 Å². The van der Waals surface area contributed by atoms with Gasteiger partial charge in [0.25, 0.3) is 0 Å². The summed E-state index contributed by atoms with van der Waals surface area (Å²) in [6.45, 7) is 3.60. The van der Waals surface area contributed by atoms with E-state index in [-0.39, 0.29) is 17.6 Å². The van der Waals surface area contributed by atoms with Crippen molar-refractivity contribution in [3.63, 3.8) is 0 Å². The molecule has 0 bridgehead atoms. The van der Waals surface area contributed by atoms with Crippen LogP contribution in [0.5, 0.6) is 0 Å². The minimum atomic E-state index is -0.286. The summed E-state index contributed by atoms with van der Waals surface area (Å²) in [4.78, 5) is 31.4. The summed E-state index contributed by atoms with van der Waals surface area (Å²) < 4.78 is 5.03. The van der Waals surface area contributed by atoms with Gasteiger partial charge in [-0.2, -0.15) is 0 Å². The number of anilines is 2. The molecule has 1 atom stereocenters. The number of aliphatic hydroxyl groups excluding tert-OH is 1. The summed E-state index contributed by atoms with van der Waals surface area (Å²) in [5.74, 6) is 0.324. The third-order valence-corrected chi connectivity index (χ3v) is 7.52. The Hall–Kier alpha value is -2.28. The molecule has 1 aromatic carbocycles. The molecule has 1 saturated carbocycles. The van der Waals surface area contributed by atoms with E-state index >= 15 is 0 Å². The molecule has 1 N–H and O–H groups in total. The SMILES string of the molecule is O=C1OCCN1c1ccc(N2CCC[C@]3(CCN([C@H]4CC[C@H](O)CC4)C3=O)C2)cc1. The number of rotatable bonds is 3. The molecular weight excluding hydrogens is 382 g/mol. The lowest BCUT2D eigenvalue weighted by Gasteiger charge is -2.41. The molecule has 1 spiro atoms. The van der Waals surface area contributed by atoms with Gasteiger partial charge in [0.2, 0.25) is 5.91 Å². The fourth-order valence-electron chi connectivity index (χ4n) is 5.77. The number of carbonyl (C=O) groups is 2. The molecule has 3 aliphatic heterocycles. The van der Waals surface area contributed by atoms with Crippen molar-refractivity contribution in [3.05, 3.63) is 24.3 Å². The van der Waals surface area contributed by atoms with E-state index in [0.717, 1.165) is 76.0 Å². The van der Waals surface area contributed by atoms with Gasteiger partial charge in [0, 0.05) is 37.1 Å². The maximum Gasteiger partial charge on any atom is 0.414 e. The van der Waals surface area contributed by atoms with Gasteiger partial charge < -0.3 is 19.6 Å². The van der Waals surface area contributed by atoms with Crippen molar-refractivity contribution >= 4 is 23.4 Å². The molecule has 0 radical (unpaired) electrons. The first-order valence-corrected chi connectivity index (χ1v) is 11.3. The number of ether oxygens (including phenoxy) is 1. The number of hydrogen-bond acceptors (Lipinski definition) is 5. The molecule has 162 valence electrons. The number of amides is 2. The second-order valence-electron chi connectivity index (χ2n) is 9.30. The first-order chi connectivity index (χ1) is 14.6. The molecule has 5 rings (SSSR count). The van der Waals surface area contributed by atoms with Crippen molar-refractivity contribution in [2.75, 3.05) is 42.6 Å². The molecule has 7 heteroatoms. The van der Waals surface area contributed by atoms with E-state index in [2.05, 4.69) is 21.9 Å². The molecule has 3 heterocycles. The zero-order chi connectivity index (χ0) is 20.7. The summed E-state index contributed by atoms with van der Waals surface area (Å²) in [6, 6.07) is 8.35. The maximum atomic E-state index is 13.5. The van der Waals surface area contributed by atoms with Crippen LogP contribution in [0.2, 0.25) is 0 Å². The second-order valence-corrected chi connectivity index (χ2v) is 9.30. The van der Waals surface area contributed by atoms with Gasteiger partial charge in [-0.25, -0.2) is 4.79 Å². The van der Waals surface area contributed by atoms with Crippen LogP contribution in [0.4, 0.5) is 16.2 Å². The largest absolute Gasteiger partial charge is 0.447 e. The maximum absolute atomic E-state index is 13.5. The summed E-state index contributed by atoms with van der Waals surface area (Å²) in [6.07, 6.45) is 5.90. The van der Waals surface area contributed by atoms with E-state index in [4.69, 9.17) is 4.74 Å². The topological polar surface area (TPSA) is 73.3 Å². The van der Waals surface area contributed by atoms with Gasteiger partial charge in [0.15, 0.2) is 0 Å². The monoisotopic (exact) mass is 413 g/mol. The molecule has 30 heavy (non-hydrogen) atoms. The molecule has 0 aromatic heterocycles. The number of aliphatic hydroxyl groups is 1. The Labute approximate surface area is 177 Å². The average molecular weight is 414 g/mol. The van der Waals surface area contributed by atoms with Gasteiger partial charge in [0.1, 0.15) is 6.61 Å². The average Bonchev–Trinajstić information content (AvgIpc) is 3.33. The predicted molar refractivity (Wildman–Crippen MR) is 114 cm³/mol. The Morgan fingerprint density at radius 1 is 0.933 bits per heavy atom. The Kier molecular flexibility index (Phi) is 5.09. The van der Waals surface area contributed by atoms with Gasteiger partial charge in [0.05, 0.1) is 18.1 Å². The lowest BCUT2D eigenvalue weighted by atomic mass is 9.78. The highest BCUT2D eigenvalue weighted by molar-refractivity contribution is 5.89. The molecule has 0 unspecified atom stereocenters. The minimum absolute atomic E-state index is 0.191. The number of cyclic esters (lactones) is 1. The Morgan fingerprint density at radius 3 is 2.37 bits per heavy atom. The number of hydrogen-bond donors (Lipinski definition) is 1. The molecule has 1 aromatic rings. The van der Waals surface area contributed by atoms with E-state index in [1.807, 2.05) is 12.1 Å².